The topological polar surface area (TPSA) is 230 Å². The molecule has 0 amide bonds. The van der Waals surface area contributed by atoms with E-state index in [1.54, 1.807) is 6.08 Å². The Morgan fingerprint density at radius 1 is 0.562 bits per heavy atom. The number of ether oxygens (including phenoxy) is 2. The lowest BCUT2D eigenvalue weighted by Gasteiger charge is -2.41. The molecule has 0 aromatic rings. The summed E-state index contributed by atoms with van der Waals surface area (Å²) < 4.78 is 33.4. The van der Waals surface area contributed by atoms with Crippen LogP contribution in [0.25, 0.3) is 0 Å². The maximum Gasteiger partial charge on any atom is 0.472 e. The van der Waals surface area contributed by atoms with E-state index < -0.39 is 81.8 Å². The second kappa shape index (κ2) is 37.9. The van der Waals surface area contributed by atoms with Gasteiger partial charge >= 0.3 is 19.8 Å². The lowest BCUT2D eigenvalue weighted by Crippen LogP contribution is -2.64. The zero-order chi connectivity index (χ0) is 47.3. The molecule has 0 spiro atoms. The van der Waals surface area contributed by atoms with Gasteiger partial charge in [-0.2, -0.15) is 0 Å². The number of esters is 2. The van der Waals surface area contributed by atoms with Crippen LogP contribution < -0.4 is 0 Å². The fourth-order valence-corrected chi connectivity index (χ4v) is 7.29. The van der Waals surface area contributed by atoms with Gasteiger partial charge in [0.25, 0.3) is 0 Å². The van der Waals surface area contributed by atoms with Gasteiger partial charge in [-0.25, -0.2) is 4.57 Å². The molecule has 0 heterocycles. The number of allylic oxidation sites excluding steroid dienone is 15. The predicted molar refractivity (Wildman–Crippen MR) is 250 cm³/mol. The molecule has 1 fully saturated rings. The molecule has 364 valence electrons. The van der Waals surface area contributed by atoms with Gasteiger partial charge in [-0.3, -0.25) is 18.6 Å². The zero-order valence-corrected chi connectivity index (χ0v) is 39.0. The van der Waals surface area contributed by atoms with Gasteiger partial charge in [-0.15, -0.1) is 0 Å². The summed E-state index contributed by atoms with van der Waals surface area (Å²) in [5.41, 5.74) is 0. The Kier molecular flexibility index (Phi) is 34.8. The third-order valence-electron chi connectivity index (χ3n) is 10.0. The first-order chi connectivity index (χ1) is 30.8. The van der Waals surface area contributed by atoms with E-state index in [2.05, 4.69) is 86.8 Å². The van der Waals surface area contributed by atoms with Crippen molar-refractivity contribution < 1.29 is 68.2 Å². The molecule has 1 rings (SSSR count). The number of phosphoric ester groups is 1. The first-order valence-electron chi connectivity index (χ1n) is 23.1. The Morgan fingerprint density at radius 2 is 1.03 bits per heavy atom. The Bertz CT molecular complexity index is 1500. The number of aliphatic hydroxyl groups excluding tert-OH is 6. The van der Waals surface area contributed by atoms with E-state index in [0.29, 0.717) is 19.3 Å². The van der Waals surface area contributed by atoms with E-state index in [0.717, 1.165) is 89.9 Å². The van der Waals surface area contributed by atoms with E-state index in [4.69, 9.17) is 18.5 Å². The lowest BCUT2D eigenvalue weighted by molar-refractivity contribution is -0.220. The van der Waals surface area contributed by atoms with Gasteiger partial charge in [0.1, 0.15) is 43.2 Å². The lowest BCUT2D eigenvalue weighted by atomic mass is 9.85. The highest BCUT2D eigenvalue weighted by atomic mass is 31.2. The van der Waals surface area contributed by atoms with Gasteiger partial charge < -0.3 is 45.0 Å². The summed E-state index contributed by atoms with van der Waals surface area (Å²) >= 11 is 0. The average Bonchev–Trinajstić information content (AvgIpc) is 3.27. The molecule has 1 aliphatic carbocycles. The van der Waals surface area contributed by atoms with Gasteiger partial charge in [0, 0.05) is 12.8 Å². The molecule has 7 N–H and O–H groups in total. The van der Waals surface area contributed by atoms with Crippen LogP contribution in [0.15, 0.2) is 97.2 Å². The second-order valence-electron chi connectivity index (χ2n) is 15.7. The van der Waals surface area contributed by atoms with Gasteiger partial charge in [0.15, 0.2) is 6.10 Å². The number of unbranched alkanes of at least 4 members (excludes halogenated alkanes) is 7. The zero-order valence-electron chi connectivity index (χ0n) is 38.1. The third kappa shape index (κ3) is 30.0. The molecule has 0 aliphatic heterocycles. The van der Waals surface area contributed by atoms with Crippen LogP contribution in [0.4, 0.5) is 0 Å². The van der Waals surface area contributed by atoms with Crippen molar-refractivity contribution in [1.29, 1.82) is 0 Å². The van der Waals surface area contributed by atoms with Crippen LogP contribution in [0.5, 0.6) is 0 Å². The van der Waals surface area contributed by atoms with Gasteiger partial charge in [0.2, 0.25) is 0 Å². The maximum absolute atomic E-state index is 12.8. The number of hydrogen-bond acceptors (Lipinski definition) is 13. The Balaban J connectivity index is 2.53. The smallest absolute Gasteiger partial charge is 0.462 e. The largest absolute Gasteiger partial charge is 0.472 e. The number of carbonyl (C=O) groups is 2. The van der Waals surface area contributed by atoms with Crippen molar-refractivity contribution in [2.45, 2.75) is 185 Å². The first-order valence-corrected chi connectivity index (χ1v) is 24.6. The highest BCUT2D eigenvalue weighted by molar-refractivity contribution is 7.47. The molecule has 0 bridgehead atoms. The molecule has 15 heteroatoms. The maximum atomic E-state index is 12.8. The molecule has 0 radical (unpaired) electrons. The van der Waals surface area contributed by atoms with Crippen LogP contribution in [0.2, 0.25) is 0 Å². The summed E-state index contributed by atoms with van der Waals surface area (Å²) in [7, 11) is -5.16. The minimum Gasteiger partial charge on any atom is -0.462 e. The van der Waals surface area contributed by atoms with Crippen molar-refractivity contribution in [2.75, 3.05) is 13.2 Å². The van der Waals surface area contributed by atoms with E-state index >= 15 is 0 Å². The van der Waals surface area contributed by atoms with Crippen molar-refractivity contribution in [1.82, 2.24) is 0 Å². The molecule has 14 nitrogen and oxygen atoms in total. The van der Waals surface area contributed by atoms with Crippen LogP contribution >= 0.6 is 7.82 Å². The monoisotopic (exact) mass is 923 g/mol. The van der Waals surface area contributed by atoms with Crippen molar-refractivity contribution in [3.63, 3.8) is 0 Å². The summed E-state index contributed by atoms with van der Waals surface area (Å²) in [6.07, 6.45) is 33.3. The van der Waals surface area contributed by atoms with E-state index in [9.17, 15) is 49.7 Å². The van der Waals surface area contributed by atoms with Crippen molar-refractivity contribution >= 4 is 19.8 Å². The highest BCUT2D eigenvalue weighted by Gasteiger charge is 2.51. The van der Waals surface area contributed by atoms with E-state index in [1.165, 1.54) is 0 Å². The summed E-state index contributed by atoms with van der Waals surface area (Å²) in [6, 6.07) is 0. The Morgan fingerprint density at radius 3 is 1.61 bits per heavy atom. The van der Waals surface area contributed by atoms with E-state index in [1.807, 2.05) is 18.2 Å². The van der Waals surface area contributed by atoms with E-state index in [-0.39, 0.29) is 12.8 Å². The van der Waals surface area contributed by atoms with Gasteiger partial charge in [0.05, 0.1) is 12.7 Å². The van der Waals surface area contributed by atoms with Crippen LogP contribution in [0.3, 0.4) is 0 Å². The molecule has 9 atom stereocenters. The number of hydrogen-bond donors (Lipinski definition) is 7. The Hall–Kier alpha value is -3.27. The normalized spacial score (nSPS) is 23.0. The third-order valence-corrected chi connectivity index (χ3v) is 11.0. The molecule has 1 saturated carbocycles. The Labute approximate surface area is 382 Å². The minimum atomic E-state index is -5.16. The summed E-state index contributed by atoms with van der Waals surface area (Å²) in [5.74, 6) is -1.23. The minimum absolute atomic E-state index is 0.0310. The van der Waals surface area contributed by atoms with Crippen molar-refractivity contribution in [3.8, 4) is 0 Å². The number of carbonyl (C=O) groups excluding carboxylic acids is 2. The number of phosphoric acid groups is 1. The fourth-order valence-electron chi connectivity index (χ4n) is 6.32. The molecular formula is C49H79O14P. The molecule has 0 aromatic carbocycles. The standard InChI is InChI=1S/C49H79O14P/c1-3-5-7-9-11-12-13-14-15-16-17-18-19-20-21-22-24-28-33-37-43(52)62-41(39-61-64(58,59)63-49-47(56)45(54)44(53)46(55)48(49)57)38-60-42(51)36-32-29-25-27-31-35-40(50)34-30-26-23-10-8-6-4-2/h5-8,11-12,14-15,17-18,20-21,23,26,30,34,40-41,44-50,53-57H,3-4,9-10,13,16,19,22,24-25,27-29,31-33,35-39H2,1-2H3,(H,58,59)/b7-5-,8-6+,12-11-,15-14-,18-17-,21-20-,26-23+,34-30+/t40?,41-,44?,45-,46+,47-,48-,49?/m1/s1. The predicted octanol–water partition coefficient (Wildman–Crippen LogP) is 8.02. The molecule has 64 heavy (non-hydrogen) atoms. The average molecular weight is 923 g/mol. The van der Waals surface area contributed by atoms with Crippen LogP contribution in [0, 0.1) is 0 Å². The molecule has 0 aromatic heterocycles. The van der Waals surface area contributed by atoms with Gasteiger partial charge in [-0.1, -0.05) is 143 Å². The van der Waals surface area contributed by atoms with Gasteiger partial charge in [-0.05, 0) is 77.0 Å². The van der Waals surface area contributed by atoms with Crippen LogP contribution in [-0.4, -0.2) is 110 Å². The molecule has 0 saturated heterocycles. The van der Waals surface area contributed by atoms with Crippen LogP contribution in [0.1, 0.15) is 136 Å². The summed E-state index contributed by atoms with van der Waals surface area (Å²) in [6.45, 7) is 2.93. The van der Waals surface area contributed by atoms with Crippen LogP contribution in [-0.2, 0) is 32.7 Å². The SMILES string of the molecule is CC/C=C\C/C=C\C/C=C\C/C=C\C/C=C\CCCCCC(=O)O[C@H](COC(=O)CCCCCCCC(O)/C=C/C=C/C/C=C/CC)COP(=O)(O)OC1[C@H](O)[C@H](O)C(O)[C@H](O)[C@H]1O. The number of aliphatic hydroxyl groups is 6. The molecule has 1 aliphatic rings. The summed E-state index contributed by atoms with van der Waals surface area (Å²) in [4.78, 5) is 35.7. The highest BCUT2D eigenvalue weighted by Crippen LogP contribution is 2.47. The van der Waals surface area contributed by atoms with Crippen molar-refractivity contribution in [2.24, 2.45) is 0 Å². The number of rotatable bonds is 36. The quantitative estimate of drug-likeness (QED) is 0.0104. The fraction of sp³-hybridized carbons (Fsp3) is 0.633. The summed E-state index contributed by atoms with van der Waals surface area (Å²) in [5, 5.41) is 60.3. The second-order valence-corrected chi connectivity index (χ2v) is 17.1. The van der Waals surface area contributed by atoms with Crippen molar-refractivity contribution in [3.05, 3.63) is 97.2 Å². The first kappa shape index (κ1) is 58.7. The molecular weight excluding hydrogens is 843 g/mol. The molecule has 4 unspecified atom stereocenters.